The minimum Gasteiger partial charge on any atom is -0.298 e. The van der Waals surface area contributed by atoms with Crippen LogP contribution in [0.3, 0.4) is 0 Å². The summed E-state index contributed by atoms with van der Waals surface area (Å²) in [4.78, 5) is 22.5. The van der Waals surface area contributed by atoms with Crippen molar-refractivity contribution < 1.29 is 9.59 Å². The molecular weight excluding hydrogens is 272 g/mol. The van der Waals surface area contributed by atoms with Crippen LogP contribution in [0.15, 0.2) is 60.7 Å². The van der Waals surface area contributed by atoms with Crippen molar-refractivity contribution in [3.63, 3.8) is 0 Å². The van der Waals surface area contributed by atoms with E-state index in [1.165, 1.54) is 10.8 Å². The summed E-state index contributed by atoms with van der Waals surface area (Å²) in [5.41, 5.74) is 0.894. The maximum absolute atomic E-state index is 11.4. The molecule has 0 aromatic heterocycles. The monoisotopic (exact) mass is 284 g/mol. The summed E-state index contributed by atoms with van der Waals surface area (Å²) >= 11 is 0. The number of aldehydes is 2. The fourth-order valence-electron chi connectivity index (χ4n) is 3.18. The second kappa shape index (κ2) is 4.78. The van der Waals surface area contributed by atoms with Crippen molar-refractivity contribution in [1.29, 1.82) is 0 Å². The maximum atomic E-state index is 11.4. The van der Waals surface area contributed by atoms with Crippen molar-refractivity contribution in [3.8, 4) is 0 Å². The summed E-state index contributed by atoms with van der Waals surface area (Å²) in [5.74, 6) is 0. The lowest BCUT2D eigenvalue weighted by molar-refractivity contribution is 0.109. The molecule has 2 heteroatoms. The predicted octanol–water partition coefficient (Wildman–Crippen LogP) is 4.77. The molecule has 2 nitrogen and oxygen atoms in total. The van der Waals surface area contributed by atoms with Gasteiger partial charge in [0.05, 0.1) is 0 Å². The Morgan fingerprint density at radius 2 is 1.18 bits per heavy atom. The first-order valence-electron chi connectivity index (χ1n) is 7.11. The highest BCUT2D eigenvalue weighted by molar-refractivity contribution is 6.20. The van der Waals surface area contributed by atoms with Crippen molar-refractivity contribution in [3.05, 3.63) is 71.8 Å². The Labute approximate surface area is 127 Å². The van der Waals surface area contributed by atoms with Crippen LogP contribution >= 0.6 is 0 Å². The van der Waals surface area contributed by atoms with E-state index in [9.17, 15) is 9.59 Å². The van der Waals surface area contributed by atoms with E-state index in [-0.39, 0.29) is 0 Å². The van der Waals surface area contributed by atoms with Crippen LogP contribution in [-0.4, -0.2) is 12.6 Å². The van der Waals surface area contributed by atoms with Gasteiger partial charge in [0, 0.05) is 11.1 Å². The minimum atomic E-state index is 0.433. The van der Waals surface area contributed by atoms with E-state index < -0.39 is 0 Å². The van der Waals surface area contributed by atoms with Gasteiger partial charge < -0.3 is 0 Å². The molecule has 0 N–H and O–H groups in total. The number of fused-ring (bicyclic) bond motifs is 5. The van der Waals surface area contributed by atoms with Crippen LogP contribution in [0.2, 0.25) is 0 Å². The van der Waals surface area contributed by atoms with Crippen LogP contribution in [0.4, 0.5) is 0 Å². The quantitative estimate of drug-likeness (QED) is 0.392. The standard InChI is InChI=1S/C20H12O2/c21-11-14-6-8-18-17-7-5-13-3-1-2-4-15(13)16(17)9-10-19(18)20(14)12-22/h1-12H. The highest BCUT2D eigenvalue weighted by Gasteiger charge is 2.10. The summed E-state index contributed by atoms with van der Waals surface area (Å²) in [6, 6.07) is 20.0. The summed E-state index contributed by atoms with van der Waals surface area (Å²) in [5, 5.41) is 6.44. The van der Waals surface area contributed by atoms with Gasteiger partial charge in [0.2, 0.25) is 0 Å². The molecule has 0 saturated heterocycles. The minimum absolute atomic E-state index is 0.433. The molecule has 0 unspecified atom stereocenters. The van der Waals surface area contributed by atoms with Gasteiger partial charge in [0.25, 0.3) is 0 Å². The molecule has 22 heavy (non-hydrogen) atoms. The summed E-state index contributed by atoms with van der Waals surface area (Å²) in [7, 11) is 0. The zero-order valence-corrected chi connectivity index (χ0v) is 11.7. The molecule has 0 aliphatic heterocycles. The molecule has 4 aromatic rings. The van der Waals surface area contributed by atoms with Crippen LogP contribution in [0.25, 0.3) is 32.3 Å². The van der Waals surface area contributed by atoms with Gasteiger partial charge >= 0.3 is 0 Å². The van der Waals surface area contributed by atoms with E-state index in [1.54, 1.807) is 6.07 Å². The lowest BCUT2D eigenvalue weighted by atomic mass is 9.93. The average Bonchev–Trinajstić information content (AvgIpc) is 2.59. The van der Waals surface area contributed by atoms with Crippen molar-refractivity contribution in [1.82, 2.24) is 0 Å². The Morgan fingerprint density at radius 3 is 2.00 bits per heavy atom. The largest absolute Gasteiger partial charge is 0.298 e. The van der Waals surface area contributed by atoms with E-state index in [1.807, 2.05) is 30.3 Å². The SMILES string of the molecule is O=Cc1ccc2c(ccc3c4ccccc4ccc23)c1C=O. The van der Waals surface area contributed by atoms with Gasteiger partial charge in [0.15, 0.2) is 12.6 Å². The third-order valence-corrected chi connectivity index (χ3v) is 4.24. The Balaban J connectivity index is 2.23. The lowest BCUT2D eigenvalue weighted by Crippen LogP contribution is -1.93. The van der Waals surface area contributed by atoms with Gasteiger partial charge in [-0.15, -0.1) is 0 Å². The Morgan fingerprint density at radius 1 is 0.545 bits per heavy atom. The van der Waals surface area contributed by atoms with E-state index in [0.717, 1.165) is 34.1 Å². The molecule has 0 spiro atoms. The smallest absolute Gasteiger partial charge is 0.151 e. The van der Waals surface area contributed by atoms with Gasteiger partial charge in [0.1, 0.15) is 0 Å². The number of hydrogen-bond acceptors (Lipinski definition) is 2. The van der Waals surface area contributed by atoms with Crippen LogP contribution in [-0.2, 0) is 0 Å². The molecule has 0 fully saturated rings. The van der Waals surface area contributed by atoms with Gasteiger partial charge in [-0.25, -0.2) is 0 Å². The van der Waals surface area contributed by atoms with Crippen molar-refractivity contribution in [2.75, 3.05) is 0 Å². The Bertz CT molecular complexity index is 1060. The molecule has 104 valence electrons. The van der Waals surface area contributed by atoms with Crippen molar-refractivity contribution in [2.24, 2.45) is 0 Å². The fraction of sp³-hybridized carbons (Fsp3) is 0. The predicted molar refractivity (Wildman–Crippen MR) is 89.7 cm³/mol. The summed E-state index contributed by atoms with van der Waals surface area (Å²) in [6.45, 7) is 0. The number of carbonyl (C=O) groups is 2. The van der Waals surface area contributed by atoms with Crippen molar-refractivity contribution in [2.45, 2.75) is 0 Å². The van der Waals surface area contributed by atoms with Crippen LogP contribution in [0, 0.1) is 0 Å². The zero-order chi connectivity index (χ0) is 15.1. The highest BCUT2D eigenvalue weighted by Crippen LogP contribution is 2.32. The normalized spacial score (nSPS) is 11.1. The third-order valence-electron chi connectivity index (χ3n) is 4.24. The van der Waals surface area contributed by atoms with Crippen molar-refractivity contribution >= 4 is 44.9 Å². The van der Waals surface area contributed by atoms with E-state index in [0.29, 0.717) is 11.1 Å². The molecule has 4 aromatic carbocycles. The molecular formula is C20H12O2. The summed E-state index contributed by atoms with van der Waals surface area (Å²) < 4.78 is 0. The molecule has 0 atom stereocenters. The average molecular weight is 284 g/mol. The third kappa shape index (κ3) is 1.67. The van der Waals surface area contributed by atoms with E-state index in [4.69, 9.17) is 0 Å². The number of hydrogen-bond donors (Lipinski definition) is 0. The number of benzene rings is 4. The molecule has 0 saturated carbocycles. The van der Waals surface area contributed by atoms with Crippen LogP contribution in [0.5, 0.6) is 0 Å². The van der Waals surface area contributed by atoms with Gasteiger partial charge in [-0.2, -0.15) is 0 Å². The van der Waals surface area contributed by atoms with Gasteiger partial charge in [-0.1, -0.05) is 60.7 Å². The maximum Gasteiger partial charge on any atom is 0.151 e. The first-order valence-corrected chi connectivity index (χ1v) is 7.11. The lowest BCUT2D eigenvalue weighted by Gasteiger charge is -2.10. The molecule has 0 amide bonds. The second-order valence-electron chi connectivity index (χ2n) is 5.35. The van der Waals surface area contributed by atoms with E-state index in [2.05, 4.69) is 24.3 Å². The zero-order valence-electron chi connectivity index (χ0n) is 11.7. The van der Waals surface area contributed by atoms with Gasteiger partial charge in [-0.05, 0) is 32.3 Å². The molecule has 0 heterocycles. The summed E-state index contributed by atoms with van der Waals surface area (Å²) in [6.07, 6.45) is 1.49. The molecule has 0 aliphatic carbocycles. The first kappa shape index (κ1) is 12.7. The Hall–Kier alpha value is -3.00. The Kier molecular flexibility index (Phi) is 2.76. The highest BCUT2D eigenvalue weighted by atomic mass is 16.1. The molecule has 0 bridgehead atoms. The molecule has 4 rings (SSSR count). The number of rotatable bonds is 2. The second-order valence-corrected chi connectivity index (χ2v) is 5.35. The first-order chi connectivity index (χ1) is 10.8. The molecule has 0 radical (unpaired) electrons. The fourth-order valence-corrected chi connectivity index (χ4v) is 3.18. The molecule has 0 aliphatic rings. The van der Waals surface area contributed by atoms with Crippen LogP contribution < -0.4 is 0 Å². The number of carbonyl (C=O) groups excluding carboxylic acids is 2. The van der Waals surface area contributed by atoms with E-state index >= 15 is 0 Å². The van der Waals surface area contributed by atoms with Gasteiger partial charge in [-0.3, -0.25) is 9.59 Å². The topological polar surface area (TPSA) is 34.1 Å². The van der Waals surface area contributed by atoms with Crippen LogP contribution in [0.1, 0.15) is 20.7 Å².